The molecule has 1 amide bonds. The summed E-state index contributed by atoms with van der Waals surface area (Å²) in [6.07, 6.45) is 0. The van der Waals surface area contributed by atoms with Gasteiger partial charge in [0.05, 0.1) is 6.54 Å². The van der Waals surface area contributed by atoms with Gasteiger partial charge in [-0.25, -0.2) is 0 Å². The van der Waals surface area contributed by atoms with Crippen LogP contribution in [-0.2, 0) is 17.9 Å². The number of thiophene rings is 1. The standard InChI is InChI=1S/C15H18N2O2S/c1-17(10-14-3-2-8-20-14)15(18)11-19-13-6-4-12(9-16)5-7-13/h2-8H,9-11,16H2,1H3. The van der Waals surface area contributed by atoms with Crippen molar-refractivity contribution in [3.63, 3.8) is 0 Å². The van der Waals surface area contributed by atoms with Gasteiger partial charge in [-0.2, -0.15) is 0 Å². The quantitative estimate of drug-likeness (QED) is 0.887. The third kappa shape index (κ3) is 4.08. The summed E-state index contributed by atoms with van der Waals surface area (Å²) < 4.78 is 5.48. The lowest BCUT2D eigenvalue weighted by Gasteiger charge is -2.16. The first-order chi connectivity index (χ1) is 9.69. The van der Waals surface area contributed by atoms with Crippen molar-refractivity contribution in [1.82, 2.24) is 4.90 Å². The van der Waals surface area contributed by atoms with E-state index in [1.165, 1.54) is 0 Å². The summed E-state index contributed by atoms with van der Waals surface area (Å²) >= 11 is 1.64. The smallest absolute Gasteiger partial charge is 0.260 e. The molecular weight excluding hydrogens is 272 g/mol. The lowest BCUT2D eigenvalue weighted by molar-refractivity contribution is -0.132. The van der Waals surface area contributed by atoms with E-state index in [1.54, 1.807) is 23.3 Å². The van der Waals surface area contributed by atoms with Crippen molar-refractivity contribution >= 4 is 17.2 Å². The van der Waals surface area contributed by atoms with Crippen LogP contribution in [0.2, 0.25) is 0 Å². The summed E-state index contributed by atoms with van der Waals surface area (Å²) in [5.41, 5.74) is 6.57. The van der Waals surface area contributed by atoms with Crippen LogP contribution in [0.25, 0.3) is 0 Å². The number of nitrogens with two attached hydrogens (primary N) is 1. The zero-order valence-electron chi connectivity index (χ0n) is 11.4. The van der Waals surface area contributed by atoms with Crippen molar-refractivity contribution in [2.45, 2.75) is 13.1 Å². The van der Waals surface area contributed by atoms with Gasteiger partial charge in [0, 0.05) is 18.5 Å². The lowest BCUT2D eigenvalue weighted by Crippen LogP contribution is -2.30. The first kappa shape index (κ1) is 14.6. The molecule has 0 aliphatic heterocycles. The minimum Gasteiger partial charge on any atom is -0.484 e. The molecule has 0 spiro atoms. The SMILES string of the molecule is CN(Cc1cccs1)C(=O)COc1ccc(CN)cc1. The third-order valence-electron chi connectivity index (χ3n) is 2.92. The van der Waals surface area contributed by atoms with E-state index >= 15 is 0 Å². The number of carbonyl (C=O) groups is 1. The van der Waals surface area contributed by atoms with Crippen molar-refractivity contribution < 1.29 is 9.53 Å². The Kier molecular flexibility index (Phi) is 5.15. The average Bonchev–Trinajstić information content (AvgIpc) is 2.98. The summed E-state index contributed by atoms with van der Waals surface area (Å²) in [5.74, 6) is 0.640. The maximum absolute atomic E-state index is 12.0. The second-order valence-corrected chi connectivity index (χ2v) is 5.50. The normalized spacial score (nSPS) is 10.3. The fourth-order valence-electron chi connectivity index (χ4n) is 1.70. The van der Waals surface area contributed by atoms with Crippen LogP contribution in [0.1, 0.15) is 10.4 Å². The lowest BCUT2D eigenvalue weighted by atomic mass is 10.2. The van der Waals surface area contributed by atoms with Gasteiger partial charge in [0.1, 0.15) is 5.75 Å². The van der Waals surface area contributed by atoms with Crippen LogP contribution in [0.4, 0.5) is 0 Å². The predicted molar refractivity (Wildman–Crippen MR) is 80.6 cm³/mol. The van der Waals surface area contributed by atoms with E-state index in [9.17, 15) is 4.79 Å². The van der Waals surface area contributed by atoms with Crippen LogP contribution < -0.4 is 10.5 Å². The minimum absolute atomic E-state index is 0.0405. The molecule has 0 saturated carbocycles. The number of ether oxygens (including phenoxy) is 1. The Morgan fingerprint density at radius 3 is 2.65 bits per heavy atom. The van der Waals surface area contributed by atoms with Crippen molar-refractivity contribution in [2.75, 3.05) is 13.7 Å². The van der Waals surface area contributed by atoms with E-state index in [-0.39, 0.29) is 12.5 Å². The summed E-state index contributed by atoms with van der Waals surface area (Å²) in [7, 11) is 1.78. The fraction of sp³-hybridized carbons (Fsp3) is 0.267. The highest BCUT2D eigenvalue weighted by Crippen LogP contribution is 2.13. The number of nitrogens with zero attached hydrogens (tertiary/aromatic N) is 1. The molecule has 1 aromatic carbocycles. The van der Waals surface area contributed by atoms with Crippen LogP contribution >= 0.6 is 11.3 Å². The minimum atomic E-state index is -0.0405. The maximum atomic E-state index is 12.0. The number of carbonyl (C=O) groups excluding carboxylic acids is 1. The zero-order chi connectivity index (χ0) is 14.4. The highest BCUT2D eigenvalue weighted by Gasteiger charge is 2.10. The molecule has 0 fully saturated rings. The summed E-state index contributed by atoms with van der Waals surface area (Å²) in [6.45, 7) is 1.17. The first-order valence-electron chi connectivity index (χ1n) is 6.37. The number of amides is 1. The first-order valence-corrected chi connectivity index (χ1v) is 7.25. The molecule has 5 heteroatoms. The van der Waals surface area contributed by atoms with Crippen LogP contribution in [0.15, 0.2) is 41.8 Å². The van der Waals surface area contributed by atoms with E-state index in [4.69, 9.17) is 10.5 Å². The molecule has 0 aliphatic carbocycles. The number of hydrogen-bond donors (Lipinski definition) is 1. The Bertz CT molecular complexity index is 538. The van der Waals surface area contributed by atoms with Gasteiger partial charge in [-0.1, -0.05) is 18.2 Å². The Morgan fingerprint density at radius 2 is 2.05 bits per heavy atom. The van der Waals surface area contributed by atoms with Crippen LogP contribution in [0.3, 0.4) is 0 Å². The molecule has 0 atom stereocenters. The Balaban J connectivity index is 1.81. The number of hydrogen-bond acceptors (Lipinski definition) is 4. The van der Waals surface area contributed by atoms with Gasteiger partial charge in [0.2, 0.25) is 0 Å². The molecule has 4 nitrogen and oxygen atoms in total. The number of likely N-dealkylation sites (N-methyl/N-ethyl adjacent to an activating group) is 1. The molecule has 1 aromatic heterocycles. The van der Waals surface area contributed by atoms with Gasteiger partial charge in [-0.05, 0) is 29.1 Å². The van der Waals surface area contributed by atoms with Crippen molar-refractivity contribution in [3.8, 4) is 5.75 Å². The second kappa shape index (κ2) is 7.07. The van der Waals surface area contributed by atoms with E-state index in [2.05, 4.69) is 0 Å². The second-order valence-electron chi connectivity index (χ2n) is 4.47. The molecule has 0 aliphatic rings. The highest BCUT2D eigenvalue weighted by molar-refractivity contribution is 7.09. The van der Waals surface area contributed by atoms with Crippen LogP contribution in [-0.4, -0.2) is 24.5 Å². The zero-order valence-corrected chi connectivity index (χ0v) is 12.2. The Morgan fingerprint density at radius 1 is 1.30 bits per heavy atom. The van der Waals surface area contributed by atoms with Gasteiger partial charge < -0.3 is 15.4 Å². The molecule has 0 radical (unpaired) electrons. The van der Waals surface area contributed by atoms with Gasteiger partial charge in [-0.3, -0.25) is 4.79 Å². The van der Waals surface area contributed by atoms with E-state index in [0.717, 1.165) is 10.4 Å². The van der Waals surface area contributed by atoms with E-state index < -0.39 is 0 Å². The molecule has 2 rings (SSSR count). The monoisotopic (exact) mass is 290 g/mol. The molecule has 2 N–H and O–H groups in total. The molecule has 2 aromatic rings. The molecular formula is C15H18N2O2S. The number of rotatable bonds is 6. The molecule has 0 unspecified atom stereocenters. The van der Waals surface area contributed by atoms with E-state index in [1.807, 2.05) is 41.8 Å². The number of benzene rings is 1. The molecule has 0 bridgehead atoms. The summed E-state index contributed by atoms with van der Waals surface area (Å²) in [4.78, 5) is 14.8. The maximum Gasteiger partial charge on any atom is 0.260 e. The van der Waals surface area contributed by atoms with Crippen molar-refractivity contribution in [1.29, 1.82) is 0 Å². The van der Waals surface area contributed by atoms with E-state index in [0.29, 0.717) is 18.8 Å². The Hall–Kier alpha value is -1.85. The summed E-state index contributed by atoms with van der Waals surface area (Å²) in [5, 5.41) is 2.00. The third-order valence-corrected chi connectivity index (χ3v) is 3.78. The van der Waals surface area contributed by atoms with Crippen molar-refractivity contribution in [2.24, 2.45) is 5.73 Å². The molecule has 1 heterocycles. The molecule has 20 heavy (non-hydrogen) atoms. The van der Waals surface area contributed by atoms with Gasteiger partial charge in [-0.15, -0.1) is 11.3 Å². The predicted octanol–water partition coefficient (Wildman–Crippen LogP) is 2.24. The van der Waals surface area contributed by atoms with Gasteiger partial charge >= 0.3 is 0 Å². The van der Waals surface area contributed by atoms with Gasteiger partial charge in [0.25, 0.3) is 5.91 Å². The largest absolute Gasteiger partial charge is 0.484 e. The topological polar surface area (TPSA) is 55.6 Å². The van der Waals surface area contributed by atoms with Crippen molar-refractivity contribution in [3.05, 3.63) is 52.2 Å². The highest BCUT2D eigenvalue weighted by atomic mass is 32.1. The van der Waals surface area contributed by atoms with Crippen LogP contribution in [0, 0.1) is 0 Å². The Labute approximate surface area is 122 Å². The van der Waals surface area contributed by atoms with Gasteiger partial charge in [0.15, 0.2) is 6.61 Å². The molecule has 106 valence electrons. The molecule has 0 saturated heterocycles. The fourth-order valence-corrected chi connectivity index (χ4v) is 2.46. The average molecular weight is 290 g/mol. The van der Waals surface area contributed by atoms with Crippen LogP contribution in [0.5, 0.6) is 5.75 Å². The summed E-state index contributed by atoms with van der Waals surface area (Å²) in [6, 6.07) is 11.4.